The average molecular weight is 289 g/mol. The number of hydrogen-bond donors (Lipinski definition) is 2. The molecule has 0 bridgehead atoms. The van der Waals surface area contributed by atoms with E-state index >= 15 is 0 Å². The molecule has 0 aliphatic heterocycles. The zero-order valence-corrected chi connectivity index (χ0v) is 12.1. The van der Waals surface area contributed by atoms with Crippen LogP contribution >= 0.6 is 11.6 Å². The molecule has 20 heavy (non-hydrogen) atoms. The summed E-state index contributed by atoms with van der Waals surface area (Å²) in [4.78, 5) is 11.9. The van der Waals surface area contributed by atoms with Gasteiger partial charge in [-0.3, -0.25) is 4.79 Å². The minimum absolute atomic E-state index is 0.0349. The number of hydrogen-bond acceptors (Lipinski definition) is 2. The Morgan fingerprint density at radius 3 is 2.75 bits per heavy atom. The summed E-state index contributed by atoms with van der Waals surface area (Å²) in [5.74, 6) is -0.0349. The van der Waals surface area contributed by atoms with Gasteiger partial charge in [-0.15, -0.1) is 0 Å². The van der Waals surface area contributed by atoms with Gasteiger partial charge in [0.15, 0.2) is 0 Å². The van der Waals surface area contributed by atoms with Gasteiger partial charge in [-0.05, 0) is 37.1 Å². The highest BCUT2D eigenvalue weighted by Gasteiger charge is 2.05. The van der Waals surface area contributed by atoms with E-state index in [-0.39, 0.29) is 5.91 Å². The number of aryl methyl sites for hydroxylation is 2. The van der Waals surface area contributed by atoms with Crippen LogP contribution in [0, 0.1) is 6.92 Å². The molecular formula is C16H17ClN2O. The Morgan fingerprint density at radius 2 is 2.05 bits per heavy atom. The average Bonchev–Trinajstić information content (AvgIpc) is 2.41. The van der Waals surface area contributed by atoms with Crippen LogP contribution in [0.2, 0.25) is 5.02 Å². The number of nitrogens with two attached hydrogens (primary N) is 1. The van der Waals surface area contributed by atoms with Gasteiger partial charge in [-0.25, -0.2) is 0 Å². The molecule has 0 unspecified atom stereocenters. The molecule has 1 amide bonds. The summed E-state index contributed by atoms with van der Waals surface area (Å²) < 4.78 is 0. The van der Waals surface area contributed by atoms with Gasteiger partial charge in [0.1, 0.15) is 0 Å². The second kappa shape index (κ2) is 6.44. The van der Waals surface area contributed by atoms with Crippen LogP contribution in [0.15, 0.2) is 42.5 Å². The molecule has 0 spiro atoms. The largest absolute Gasteiger partial charge is 0.398 e. The number of halogens is 1. The minimum Gasteiger partial charge on any atom is -0.398 e. The fourth-order valence-electron chi connectivity index (χ4n) is 1.95. The SMILES string of the molecule is Cc1cccc(CCC(=O)Nc2ccc(N)c(Cl)c2)c1. The van der Waals surface area contributed by atoms with Gasteiger partial charge in [-0.1, -0.05) is 41.4 Å². The number of benzene rings is 2. The smallest absolute Gasteiger partial charge is 0.224 e. The first kappa shape index (κ1) is 14.4. The van der Waals surface area contributed by atoms with Crippen molar-refractivity contribution in [3.63, 3.8) is 0 Å². The van der Waals surface area contributed by atoms with Crippen molar-refractivity contribution in [3.05, 3.63) is 58.6 Å². The van der Waals surface area contributed by atoms with E-state index in [4.69, 9.17) is 17.3 Å². The quantitative estimate of drug-likeness (QED) is 0.841. The summed E-state index contributed by atoms with van der Waals surface area (Å²) in [5.41, 5.74) is 9.16. The third-order valence-corrected chi connectivity index (χ3v) is 3.33. The maximum atomic E-state index is 11.9. The van der Waals surface area contributed by atoms with E-state index in [0.717, 1.165) is 12.0 Å². The van der Waals surface area contributed by atoms with E-state index in [0.29, 0.717) is 22.8 Å². The van der Waals surface area contributed by atoms with Gasteiger partial charge < -0.3 is 11.1 Å². The highest BCUT2D eigenvalue weighted by molar-refractivity contribution is 6.33. The lowest BCUT2D eigenvalue weighted by atomic mass is 10.1. The molecule has 0 aliphatic rings. The van der Waals surface area contributed by atoms with E-state index in [2.05, 4.69) is 11.4 Å². The molecule has 3 nitrogen and oxygen atoms in total. The predicted molar refractivity (Wildman–Crippen MR) is 84.0 cm³/mol. The Balaban J connectivity index is 1.91. The standard InChI is InChI=1S/C16H17ClN2O/c1-11-3-2-4-12(9-11)5-8-16(20)19-13-6-7-15(18)14(17)10-13/h2-4,6-7,9-10H,5,8,18H2,1H3,(H,19,20). The number of nitrogen functional groups attached to an aromatic ring is 1. The molecule has 0 fully saturated rings. The number of anilines is 2. The molecule has 104 valence electrons. The molecular weight excluding hydrogens is 272 g/mol. The molecule has 4 heteroatoms. The molecule has 0 atom stereocenters. The third kappa shape index (κ3) is 4.00. The second-order valence-electron chi connectivity index (χ2n) is 4.77. The number of carbonyl (C=O) groups is 1. The highest BCUT2D eigenvalue weighted by atomic mass is 35.5. The summed E-state index contributed by atoms with van der Waals surface area (Å²) in [6, 6.07) is 13.2. The second-order valence-corrected chi connectivity index (χ2v) is 5.18. The van der Waals surface area contributed by atoms with E-state index in [1.165, 1.54) is 5.56 Å². The highest BCUT2D eigenvalue weighted by Crippen LogP contribution is 2.22. The summed E-state index contributed by atoms with van der Waals surface area (Å²) in [7, 11) is 0. The Bertz CT molecular complexity index is 626. The molecule has 2 rings (SSSR count). The molecule has 0 aromatic heterocycles. The summed E-state index contributed by atoms with van der Waals surface area (Å²) in [5, 5.41) is 3.26. The van der Waals surface area contributed by atoms with Crippen molar-refractivity contribution in [2.75, 3.05) is 11.1 Å². The van der Waals surface area contributed by atoms with Gasteiger partial charge in [0.05, 0.1) is 10.7 Å². The molecule has 2 aromatic carbocycles. The Labute approximate surface area is 123 Å². The van der Waals surface area contributed by atoms with Crippen molar-refractivity contribution < 1.29 is 4.79 Å². The molecule has 3 N–H and O–H groups in total. The van der Waals surface area contributed by atoms with E-state index in [9.17, 15) is 4.79 Å². The van der Waals surface area contributed by atoms with Gasteiger partial charge in [-0.2, -0.15) is 0 Å². The third-order valence-electron chi connectivity index (χ3n) is 3.01. The lowest BCUT2D eigenvalue weighted by molar-refractivity contribution is -0.116. The van der Waals surface area contributed by atoms with Gasteiger partial charge in [0, 0.05) is 12.1 Å². The maximum absolute atomic E-state index is 11.9. The monoisotopic (exact) mass is 288 g/mol. The molecule has 0 saturated heterocycles. The Kier molecular flexibility index (Phi) is 4.64. The zero-order valence-electron chi connectivity index (χ0n) is 11.3. The van der Waals surface area contributed by atoms with Gasteiger partial charge >= 0.3 is 0 Å². The lowest BCUT2D eigenvalue weighted by Gasteiger charge is -2.07. The van der Waals surface area contributed by atoms with Crippen LogP contribution in [-0.2, 0) is 11.2 Å². The Morgan fingerprint density at radius 1 is 1.25 bits per heavy atom. The van der Waals surface area contributed by atoms with Crippen LogP contribution in [0.25, 0.3) is 0 Å². The fraction of sp³-hybridized carbons (Fsp3) is 0.188. The normalized spacial score (nSPS) is 10.3. The van der Waals surface area contributed by atoms with Crippen LogP contribution in [0.4, 0.5) is 11.4 Å². The van der Waals surface area contributed by atoms with Crippen molar-refractivity contribution in [3.8, 4) is 0 Å². The van der Waals surface area contributed by atoms with Gasteiger partial charge in [0.2, 0.25) is 5.91 Å². The molecule has 0 heterocycles. The van der Waals surface area contributed by atoms with Crippen molar-refractivity contribution in [2.24, 2.45) is 0 Å². The molecule has 0 saturated carbocycles. The molecule has 0 aliphatic carbocycles. The Hall–Kier alpha value is -2.00. The van der Waals surface area contributed by atoms with Crippen LogP contribution in [0.1, 0.15) is 17.5 Å². The van der Waals surface area contributed by atoms with E-state index < -0.39 is 0 Å². The van der Waals surface area contributed by atoms with Crippen LogP contribution in [0.5, 0.6) is 0 Å². The summed E-state index contributed by atoms with van der Waals surface area (Å²) >= 11 is 5.91. The number of amides is 1. The summed E-state index contributed by atoms with van der Waals surface area (Å²) in [6.07, 6.45) is 1.15. The minimum atomic E-state index is -0.0349. The van der Waals surface area contributed by atoms with E-state index in [1.54, 1.807) is 18.2 Å². The van der Waals surface area contributed by atoms with Crippen molar-refractivity contribution in [2.45, 2.75) is 19.8 Å². The van der Waals surface area contributed by atoms with Crippen molar-refractivity contribution >= 4 is 28.9 Å². The molecule has 0 radical (unpaired) electrons. The predicted octanol–water partition coefficient (Wildman–Crippen LogP) is 3.80. The fourth-order valence-corrected chi connectivity index (χ4v) is 2.13. The first-order chi connectivity index (χ1) is 9.54. The van der Waals surface area contributed by atoms with Crippen molar-refractivity contribution in [1.29, 1.82) is 0 Å². The van der Waals surface area contributed by atoms with E-state index in [1.807, 2.05) is 25.1 Å². The van der Waals surface area contributed by atoms with Crippen molar-refractivity contribution in [1.82, 2.24) is 0 Å². The van der Waals surface area contributed by atoms with Crippen LogP contribution < -0.4 is 11.1 Å². The number of carbonyl (C=O) groups excluding carboxylic acids is 1. The number of nitrogens with one attached hydrogen (secondary N) is 1. The molecule has 2 aromatic rings. The zero-order chi connectivity index (χ0) is 14.5. The first-order valence-electron chi connectivity index (χ1n) is 6.45. The first-order valence-corrected chi connectivity index (χ1v) is 6.83. The van der Waals surface area contributed by atoms with Crippen LogP contribution in [-0.4, -0.2) is 5.91 Å². The van der Waals surface area contributed by atoms with Crippen LogP contribution in [0.3, 0.4) is 0 Å². The number of rotatable bonds is 4. The lowest BCUT2D eigenvalue weighted by Crippen LogP contribution is -2.12. The maximum Gasteiger partial charge on any atom is 0.224 e. The summed E-state index contributed by atoms with van der Waals surface area (Å²) in [6.45, 7) is 2.04. The van der Waals surface area contributed by atoms with Gasteiger partial charge in [0.25, 0.3) is 0 Å². The topological polar surface area (TPSA) is 55.1 Å².